The minimum Gasteiger partial charge on any atom is -0.448 e. The van der Waals surface area contributed by atoms with Crippen molar-refractivity contribution in [2.24, 2.45) is 0 Å². The Bertz CT molecular complexity index is 1410. The Morgan fingerprint density at radius 3 is 2.24 bits per heavy atom. The van der Waals surface area contributed by atoms with Crippen molar-refractivity contribution < 1.29 is 23.9 Å². The number of ether oxygens (including phenoxy) is 2. The number of hydrogen-bond acceptors (Lipinski definition) is 7. The van der Waals surface area contributed by atoms with Crippen molar-refractivity contribution >= 4 is 41.3 Å². The molecule has 0 saturated carbocycles. The summed E-state index contributed by atoms with van der Waals surface area (Å²) in [7, 11) is 0. The van der Waals surface area contributed by atoms with E-state index in [9.17, 15) is 14.4 Å². The Morgan fingerprint density at radius 1 is 0.976 bits per heavy atom. The molecule has 0 aromatic heterocycles. The van der Waals surface area contributed by atoms with E-state index in [-0.39, 0.29) is 35.4 Å². The highest BCUT2D eigenvalue weighted by Gasteiger charge is 2.54. The standard InChI is InChI=1S/C33H32N2O5S2/c36-27(19-22-11-4-1-5-12-22)34-28-31(37)35-29(26(21-42-32(28)35)41-20-25-17-10-18-39-25)33(38)40-30(23-13-6-2-7-14-23)24-15-8-3-9-16-24/h1-9,11-16,25,28,30,32H,10,17-21H2,(H,34,36)/t25?,28?,32-/m0/s1. The van der Waals surface area contributed by atoms with Crippen molar-refractivity contribution in [1.82, 2.24) is 10.2 Å². The number of nitrogens with one attached hydrogen (secondary N) is 1. The number of carbonyl (C=O) groups is 3. The van der Waals surface area contributed by atoms with E-state index in [2.05, 4.69) is 5.32 Å². The SMILES string of the molecule is O=C(Cc1ccccc1)NC1C(=O)N2C(C(=O)OC(c3ccccc3)c3ccccc3)=C(SCC3CCCO3)CS[C@@H]12. The lowest BCUT2D eigenvalue weighted by Gasteiger charge is -2.49. The maximum atomic E-state index is 14.1. The molecule has 3 heterocycles. The van der Waals surface area contributed by atoms with Crippen molar-refractivity contribution in [2.45, 2.75) is 42.9 Å². The molecule has 1 N–H and O–H groups in total. The van der Waals surface area contributed by atoms with E-state index in [0.717, 1.165) is 41.0 Å². The molecule has 42 heavy (non-hydrogen) atoms. The second kappa shape index (κ2) is 13.2. The third-order valence-electron chi connectivity index (χ3n) is 7.55. The Kier molecular flexibility index (Phi) is 8.98. The van der Waals surface area contributed by atoms with Gasteiger partial charge in [-0.1, -0.05) is 91.0 Å². The number of thioether (sulfide) groups is 2. The lowest BCUT2D eigenvalue weighted by atomic mass is 10.0. The van der Waals surface area contributed by atoms with E-state index in [1.54, 1.807) is 23.5 Å². The van der Waals surface area contributed by atoms with Crippen LogP contribution in [0.3, 0.4) is 0 Å². The molecule has 7 nitrogen and oxygen atoms in total. The predicted molar refractivity (Wildman–Crippen MR) is 164 cm³/mol. The molecule has 2 amide bonds. The van der Waals surface area contributed by atoms with Gasteiger partial charge in [-0.25, -0.2) is 4.79 Å². The molecule has 0 bridgehead atoms. The molecule has 0 aliphatic carbocycles. The molecule has 216 valence electrons. The topological polar surface area (TPSA) is 84.9 Å². The van der Waals surface area contributed by atoms with Crippen LogP contribution in [0.1, 0.15) is 35.6 Å². The van der Waals surface area contributed by atoms with Crippen LogP contribution >= 0.6 is 23.5 Å². The average Bonchev–Trinajstić information content (AvgIpc) is 3.56. The fraction of sp³-hybridized carbons (Fsp3) is 0.303. The summed E-state index contributed by atoms with van der Waals surface area (Å²) in [5, 5.41) is 2.53. The molecule has 3 aromatic rings. The largest absolute Gasteiger partial charge is 0.448 e. The molecule has 3 atom stereocenters. The van der Waals surface area contributed by atoms with Gasteiger partial charge < -0.3 is 14.8 Å². The minimum atomic E-state index is -0.697. The number of rotatable bonds is 10. The van der Waals surface area contributed by atoms with Crippen LogP contribution in [-0.2, 0) is 30.3 Å². The summed E-state index contributed by atoms with van der Waals surface area (Å²) in [5.74, 6) is 0.182. The number of β-lactam (4-membered cyclic amide) rings is 1. The molecule has 2 fully saturated rings. The number of esters is 1. The van der Waals surface area contributed by atoms with Gasteiger partial charge in [0.2, 0.25) is 5.91 Å². The normalized spacial score (nSPS) is 21.6. The maximum absolute atomic E-state index is 14.1. The first-order chi connectivity index (χ1) is 20.6. The highest BCUT2D eigenvalue weighted by molar-refractivity contribution is 8.06. The van der Waals surface area contributed by atoms with Crippen molar-refractivity contribution in [3.63, 3.8) is 0 Å². The van der Waals surface area contributed by atoms with E-state index >= 15 is 0 Å². The fourth-order valence-electron chi connectivity index (χ4n) is 5.41. The predicted octanol–water partition coefficient (Wildman–Crippen LogP) is 5.09. The summed E-state index contributed by atoms with van der Waals surface area (Å²) in [6.07, 6.45) is 1.69. The molecule has 0 radical (unpaired) electrons. The molecule has 9 heteroatoms. The van der Waals surface area contributed by atoms with Crippen LogP contribution < -0.4 is 5.32 Å². The van der Waals surface area contributed by atoms with Gasteiger partial charge in [-0.3, -0.25) is 14.5 Å². The lowest BCUT2D eigenvalue weighted by Crippen LogP contribution is -2.70. The summed E-state index contributed by atoms with van der Waals surface area (Å²) in [5.41, 5.74) is 2.83. The van der Waals surface area contributed by atoms with E-state index < -0.39 is 18.1 Å². The van der Waals surface area contributed by atoms with Crippen LogP contribution in [0.25, 0.3) is 0 Å². The summed E-state index contributed by atoms with van der Waals surface area (Å²) < 4.78 is 12.0. The van der Waals surface area contributed by atoms with Crippen molar-refractivity contribution in [3.8, 4) is 0 Å². The van der Waals surface area contributed by atoms with E-state index in [4.69, 9.17) is 9.47 Å². The Balaban J connectivity index is 1.24. The van der Waals surface area contributed by atoms with Crippen molar-refractivity contribution in [3.05, 3.63) is 118 Å². The summed E-state index contributed by atoms with van der Waals surface area (Å²) in [6.45, 7) is 0.751. The van der Waals surface area contributed by atoms with Gasteiger partial charge in [-0.15, -0.1) is 23.5 Å². The molecular formula is C33H32N2O5S2. The minimum absolute atomic E-state index is 0.126. The highest BCUT2D eigenvalue weighted by Crippen LogP contribution is 2.45. The first-order valence-electron chi connectivity index (χ1n) is 14.1. The second-order valence-corrected chi connectivity index (χ2v) is 12.7. The first kappa shape index (κ1) is 28.6. The Morgan fingerprint density at radius 2 is 1.62 bits per heavy atom. The van der Waals surface area contributed by atoms with Gasteiger partial charge in [0.25, 0.3) is 5.91 Å². The molecule has 2 saturated heterocycles. The van der Waals surface area contributed by atoms with Gasteiger partial charge in [0, 0.05) is 23.0 Å². The van der Waals surface area contributed by atoms with E-state index in [0.29, 0.717) is 11.5 Å². The number of carbonyl (C=O) groups excluding carboxylic acids is 3. The van der Waals surface area contributed by atoms with Gasteiger partial charge in [-0.2, -0.15) is 0 Å². The zero-order valence-corrected chi connectivity index (χ0v) is 24.7. The van der Waals surface area contributed by atoms with Crippen LogP contribution in [0, 0.1) is 0 Å². The molecule has 3 aliphatic rings. The number of fused-ring (bicyclic) bond motifs is 1. The van der Waals surface area contributed by atoms with Crippen LogP contribution in [0.2, 0.25) is 0 Å². The zero-order valence-electron chi connectivity index (χ0n) is 23.0. The fourth-order valence-corrected chi connectivity index (χ4v) is 8.11. The van der Waals surface area contributed by atoms with Crippen molar-refractivity contribution in [1.29, 1.82) is 0 Å². The molecular weight excluding hydrogens is 569 g/mol. The summed E-state index contributed by atoms with van der Waals surface area (Å²) in [4.78, 5) is 42.7. The van der Waals surface area contributed by atoms with Crippen LogP contribution in [0.5, 0.6) is 0 Å². The average molecular weight is 601 g/mol. The molecule has 6 rings (SSSR count). The van der Waals surface area contributed by atoms with Gasteiger partial charge in [-0.05, 0) is 29.5 Å². The van der Waals surface area contributed by atoms with E-state index in [1.165, 1.54) is 4.90 Å². The number of benzene rings is 3. The highest BCUT2D eigenvalue weighted by atomic mass is 32.2. The van der Waals surface area contributed by atoms with Crippen molar-refractivity contribution in [2.75, 3.05) is 18.1 Å². The molecule has 3 aromatic carbocycles. The van der Waals surface area contributed by atoms with Gasteiger partial charge in [0.15, 0.2) is 6.10 Å². The molecule has 0 spiro atoms. The number of hydrogen-bond donors (Lipinski definition) is 1. The van der Waals surface area contributed by atoms with Gasteiger partial charge in [0.1, 0.15) is 17.1 Å². The smallest absolute Gasteiger partial charge is 0.356 e. The van der Waals surface area contributed by atoms with E-state index in [1.807, 2.05) is 91.0 Å². The monoisotopic (exact) mass is 600 g/mol. The number of amides is 2. The number of nitrogens with zero attached hydrogens (tertiary/aromatic N) is 1. The lowest BCUT2D eigenvalue weighted by molar-refractivity contribution is -0.154. The van der Waals surface area contributed by atoms with Crippen LogP contribution in [0.15, 0.2) is 102 Å². The summed E-state index contributed by atoms with van der Waals surface area (Å²) in [6, 6.07) is 27.9. The maximum Gasteiger partial charge on any atom is 0.356 e. The third kappa shape index (κ3) is 6.28. The first-order valence-corrected chi connectivity index (χ1v) is 16.2. The Labute approximate surface area is 254 Å². The van der Waals surface area contributed by atoms with Crippen LogP contribution in [-0.4, -0.2) is 58.3 Å². The summed E-state index contributed by atoms with van der Waals surface area (Å²) >= 11 is 3.12. The Hall–Kier alpha value is -3.53. The zero-order chi connectivity index (χ0) is 28.9. The quantitative estimate of drug-likeness (QED) is 0.257. The van der Waals surface area contributed by atoms with Gasteiger partial charge >= 0.3 is 5.97 Å². The van der Waals surface area contributed by atoms with Crippen LogP contribution in [0.4, 0.5) is 0 Å². The molecule has 2 unspecified atom stereocenters. The van der Waals surface area contributed by atoms with Gasteiger partial charge in [0.05, 0.1) is 12.5 Å². The molecule has 3 aliphatic heterocycles. The third-order valence-corrected chi connectivity index (χ3v) is 10.2. The second-order valence-electron chi connectivity index (χ2n) is 10.4.